The molecule has 0 aliphatic rings. The average Bonchev–Trinajstić information content (AvgIpc) is 3.17. The summed E-state index contributed by atoms with van der Waals surface area (Å²) >= 11 is 7.53. The molecule has 0 fully saturated rings. The molecular formula is C20H19ClFN3OS. The zero-order chi connectivity index (χ0) is 19.1. The molecule has 0 atom stereocenters. The Hall–Kier alpha value is -2.31. The van der Waals surface area contributed by atoms with Gasteiger partial charge in [-0.1, -0.05) is 29.8 Å². The molecule has 0 saturated carbocycles. The van der Waals surface area contributed by atoms with Crippen LogP contribution in [0.4, 0.5) is 4.39 Å². The Kier molecular flexibility index (Phi) is 6.90. The normalized spacial score (nSPS) is 10.7. The maximum absolute atomic E-state index is 13.7. The highest BCUT2D eigenvalue weighted by atomic mass is 35.5. The minimum Gasteiger partial charge on any atom is -0.351 e. The van der Waals surface area contributed by atoms with E-state index in [2.05, 4.69) is 10.3 Å². The highest BCUT2D eigenvalue weighted by Gasteiger charge is 2.08. The van der Waals surface area contributed by atoms with Gasteiger partial charge in [0.15, 0.2) is 0 Å². The number of halogens is 2. The molecule has 0 aliphatic heterocycles. The van der Waals surface area contributed by atoms with Gasteiger partial charge < -0.3 is 9.88 Å². The van der Waals surface area contributed by atoms with Gasteiger partial charge in [-0.2, -0.15) is 11.8 Å². The van der Waals surface area contributed by atoms with Crippen LogP contribution in [0.25, 0.3) is 0 Å². The predicted molar refractivity (Wildman–Crippen MR) is 108 cm³/mol. The second-order valence-corrected chi connectivity index (χ2v) is 7.45. The van der Waals surface area contributed by atoms with Gasteiger partial charge >= 0.3 is 0 Å². The van der Waals surface area contributed by atoms with Crippen LogP contribution in [-0.4, -0.2) is 27.8 Å². The van der Waals surface area contributed by atoms with Crippen molar-refractivity contribution >= 4 is 29.3 Å². The summed E-state index contributed by atoms with van der Waals surface area (Å²) in [5.41, 5.74) is 2.22. The first-order valence-corrected chi connectivity index (χ1v) is 10.0. The van der Waals surface area contributed by atoms with Gasteiger partial charge in [-0.25, -0.2) is 9.37 Å². The Morgan fingerprint density at radius 2 is 2.04 bits per heavy atom. The molecular weight excluding hydrogens is 385 g/mol. The fourth-order valence-corrected chi connectivity index (χ4v) is 3.73. The third kappa shape index (κ3) is 5.58. The molecule has 1 heterocycles. The number of thioether (sulfide) groups is 1. The lowest BCUT2D eigenvalue weighted by Gasteiger charge is -2.08. The van der Waals surface area contributed by atoms with E-state index >= 15 is 0 Å². The van der Waals surface area contributed by atoms with E-state index in [9.17, 15) is 9.18 Å². The van der Waals surface area contributed by atoms with E-state index in [-0.39, 0.29) is 11.7 Å². The molecule has 1 aromatic heterocycles. The van der Waals surface area contributed by atoms with Crippen molar-refractivity contribution in [2.24, 2.45) is 0 Å². The Labute approximate surface area is 166 Å². The van der Waals surface area contributed by atoms with Gasteiger partial charge in [-0.15, -0.1) is 0 Å². The minimum absolute atomic E-state index is 0.117. The van der Waals surface area contributed by atoms with Crippen LogP contribution >= 0.6 is 23.4 Å². The van der Waals surface area contributed by atoms with Crippen molar-refractivity contribution in [3.8, 4) is 0 Å². The lowest BCUT2D eigenvalue weighted by atomic mass is 10.1. The van der Waals surface area contributed by atoms with E-state index in [1.807, 2.05) is 35.0 Å². The number of hydrogen-bond donors (Lipinski definition) is 1. The number of carbonyl (C=O) groups excluding carboxylic acids is 1. The van der Waals surface area contributed by atoms with Gasteiger partial charge in [0.05, 0.1) is 6.33 Å². The summed E-state index contributed by atoms with van der Waals surface area (Å²) < 4.78 is 15.7. The first-order valence-electron chi connectivity index (χ1n) is 8.47. The number of benzene rings is 2. The highest BCUT2D eigenvalue weighted by Crippen LogP contribution is 2.23. The maximum atomic E-state index is 13.7. The molecule has 27 heavy (non-hydrogen) atoms. The molecule has 3 rings (SSSR count). The average molecular weight is 404 g/mol. The number of amides is 1. The van der Waals surface area contributed by atoms with Crippen LogP contribution in [0.2, 0.25) is 5.02 Å². The summed E-state index contributed by atoms with van der Waals surface area (Å²) in [7, 11) is 0. The van der Waals surface area contributed by atoms with Crippen LogP contribution in [0.15, 0.2) is 61.2 Å². The molecule has 140 valence electrons. The van der Waals surface area contributed by atoms with E-state index < -0.39 is 0 Å². The van der Waals surface area contributed by atoms with Gasteiger partial charge in [0.2, 0.25) is 0 Å². The Balaban J connectivity index is 1.41. The molecule has 7 heteroatoms. The van der Waals surface area contributed by atoms with Crippen molar-refractivity contribution in [2.75, 3.05) is 12.3 Å². The molecule has 4 nitrogen and oxygen atoms in total. The Morgan fingerprint density at radius 3 is 2.74 bits per heavy atom. The van der Waals surface area contributed by atoms with E-state index in [1.165, 1.54) is 17.8 Å². The molecule has 0 spiro atoms. The molecule has 1 amide bonds. The molecule has 0 saturated heterocycles. The predicted octanol–water partition coefficient (Wildman–Crippen LogP) is 4.39. The van der Waals surface area contributed by atoms with E-state index in [1.54, 1.807) is 24.7 Å². The fraction of sp³-hybridized carbons (Fsp3) is 0.200. The quantitative estimate of drug-likeness (QED) is 0.567. The summed E-state index contributed by atoms with van der Waals surface area (Å²) in [5.74, 6) is 0.739. The van der Waals surface area contributed by atoms with Gasteiger partial charge in [0, 0.05) is 53.1 Å². The lowest BCUT2D eigenvalue weighted by Crippen LogP contribution is -2.25. The number of rotatable bonds is 8. The summed E-state index contributed by atoms with van der Waals surface area (Å²) in [4.78, 5) is 16.2. The van der Waals surface area contributed by atoms with Crippen LogP contribution in [0.5, 0.6) is 0 Å². The van der Waals surface area contributed by atoms with E-state index in [0.29, 0.717) is 34.2 Å². The zero-order valence-electron chi connectivity index (χ0n) is 14.6. The molecule has 0 bridgehead atoms. The van der Waals surface area contributed by atoms with Crippen molar-refractivity contribution in [3.63, 3.8) is 0 Å². The summed E-state index contributed by atoms with van der Waals surface area (Å²) in [5, 5.41) is 3.31. The highest BCUT2D eigenvalue weighted by molar-refractivity contribution is 7.98. The van der Waals surface area contributed by atoms with E-state index in [0.717, 1.165) is 12.1 Å². The van der Waals surface area contributed by atoms with Gasteiger partial charge in [-0.05, 0) is 29.8 Å². The van der Waals surface area contributed by atoms with E-state index in [4.69, 9.17) is 11.6 Å². The minimum atomic E-state index is -0.296. The molecule has 3 aromatic rings. The number of carbonyl (C=O) groups is 1. The molecule has 1 N–H and O–H groups in total. The Morgan fingerprint density at radius 1 is 1.22 bits per heavy atom. The summed E-state index contributed by atoms with van der Waals surface area (Å²) in [6.45, 7) is 1.23. The number of hydrogen-bond acceptors (Lipinski definition) is 3. The smallest absolute Gasteiger partial charge is 0.251 e. The zero-order valence-corrected chi connectivity index (χ0v) is 16.1. The SMILES string of the molecule is O=C(NCCSCc1c(F)cccc1Cl)c1ccc(Cn2ccnc2)cc1. The summed E-state index contributed by atoms with van der Waals surface area (Å²) in [6.07, 6.45) is 5.39. The first kappa shape index (κ1) is 19.5. The standard InChI is InChI=1S/C20H19ClFN3OS/c21-18-2-1-3-19(22)17(18)13-27-11-9-24-20(26)16-6-4-15(5-7-16)12-25-10-8-23-14-25/h1-8,10,14H,9,11-13H2,(H,24,26). The van der Waals surface area contributed by atoms with Gasteiger partial charge in [0.1, 0.15) is 5.82 Å². The Bertz CT molecular complexity index is 865. The molecule has 0 radical (unpaired) electrons. The number of aromatic nitrogens is 2. The van der Waals surface area contributed by atoms with Crippen LogP contribution in [-0.2, 0) is 12.3 Å². The molecule has 2 aromatic carbocycles. The van der Waals surface area contributed by atoms with Gasteiger partial charge in [0.25, 0.3) is 5.91 Å². The largest absolute Gasteiger partial charge is 0.351 e. The number of nitrogens with one attached hydrogen (secondary N) is 1. The van der Waals surface area contributed by atoms with Crippen molar-refractivity contribution in [2.45, 2.75) is 12.3 Å². The molecule has 0 unspecified atom stereocenters. The fourth-order valence-electron chi connectivity index (χ4n) is 2.54. The second kappa shape index (κ2) is 9.58. The lowest BCUT2D eigenvalue weighted by molar-refractivity contribution is 0.0956. The first-order chi connectivity index (χ1) is 13.1. The second-order valence-electron chi connectivity index (χ2n) is 5.94. The monoisotopic (exact) mass is 403 g/mol. The van der Waals surface area contributed by atoms with Crippen LogP contribution in [0.3, 0.4) is 0 Å². The maximum Gasteiger partial charge on any atom is 0.251 e. The van der Waals surface area contributed by atoms with Crippen LogP contribution in [0, 0.1) is 5.82 Å². The van der Waals surface area contributed by atoms with Crippen molar-refractivity contribution in [1.82, 2.24) is 14.9 Å². The summed E-state index contributed by atoms with van der Waals surface area (Å²) in [6, 6.07) is 12.2. The molecule has 0 aliphatic carbocycles. The van der Waals surface area contributed by atoms with Crippen molar-refractivity contribution in [1.29, 1.82) is 0 Å². The topological polar surface area (TPSA) is 46.9 Å². The van der Waals surface area contributed by atoms with Crippen molar-refractivity contribution < 1.29 is 9.18 Å². The van der Waals surface area contributed by atoms with Crippen LogP contribution in [0.1, 0.15) is 21.5 Å². The van der Waals surface area contributed by atoms with Crippen molar-refractivity contribution in [3.05, 3.63) is 88.7 Å². The van der Waals surface area contributed by atoms with Crippen LogP contribution < -0.4 is 5.32 Å². The number of imidazole rings is 1. The third-order valence-corrected chi connectivity index (χ3v) is 5.32. The third-order valence-electron chi connectivity index (χ3n) is 3.98. The van der Waals surface area contributed by atoms with Gasteiger partial charge in [-0.3, -0.25) is 4.79 Å². The number of nitrogens with zero attached hydrogens (tertiary/aromatic N) is 2.